The van der Waals surface area contributed by atoms with Crippen molar-refractivity contribution in [2.24, 2.45) is 0 Å². The second-order valence-electron chi connectivity index (χ2n) is 7.13. The summed E-state index contributed by atoms with van der Waals surface area (Å²) in [6, 6.07) is 0. The van der Waals surface area contributed by atoms with Crippen LogP contribution in [0.1, 0.15) is 71.1 Å². The summed E-state index contributed by atoms with van der Waals surface area (Å²) in [5.41, 5.74) is 0. The van der Waals surface area contributed by atoms with E-state index in [1.165, 1.54) is 64.2 Å². The largest absolute Gasteiger partial charge is 0.385 e. The molecule has 0 aliphatic heterocycles. The van der Waals surface area contributed by atoms with E-state index >= 15 is 0 Å². The maximum Gasteiger partial charge on any atom is 0.126 e. The summed E-state index contributed by atoms with van der Waals surface area (Å²) >= 11 is 0. The number of rotatable bonds is 15. The molecule has 0 aliphatic carbocycles. The molecule has 21 heavy (non-hydrogen) atoms. The number of quaternary nitrogens is 1. The molecule has 128 valence electrons. The molecular formula is C18H40NO2+. The Hall–Kier alpha value is -0.120. The van der Waals surface area contributed by atoms with Crippen LogP contribution in [0.15, 0.2) is 0 Å². The Morgan fingerprint density at radius 1 is 0.857 bits per heavy atom. The number of ether oxygens (including phenoxy) is 1. The molecule has 3 nitrogen and oxygen atoms in total. The third-order valence-corrected chi connectivity index (χ3v) is 4.18. The quantitative estimate of drug-likeness (QED) is 0.366. The van der Waals surface area contributed by atoms with E-state index in [1.807, 2.05) is 0 Å². The zero-order chi connectivity index (χ0) is 16.0. The highest BCUT2D eigenvalue weighted by Crippen LogP contribution is 2.12. The van der Waals surface area contributed by atoms with Gasteiger partial charge >= 0.3 is 0 Å². The van der Waals surface area contributed by atoms with Crippen LogP contribution >= 0.6 is 0 Å². The fraction of sp³-hybridized carbons (Fsp3) is 1.00. The molecule has 1 atom stereocenters. The van der Waals surface area contributed by atoms with Crippen LogP contribution in [0.5, 0.6) is 0 Å². The van der Waals surface area contributed by atoms with Crippen molar-refractivity contribution >= 4 is 0 Å². The van der Waals surface area contributed by atoms with Crippen molar-refractivity contribution < 1.29 is 14.3 Å². The lowest BCUT2D eigenvalue weighted by molar-refractivity contribution is -0.893. The molecular weight excluding hydrogens is 262 g/mol. The Morgan fingerprint density at radius 2 is 1.33 bits per heavy atom. The molecule has 0 saturated carbocycles. The van der Waals surface area contributed by atoms with E-state index in [2.05, 4.69) is 21.0 Å². The minimum absolute atomic E-state index is 0.340. The number of unbranched alkanes of at least 4 members (excludes halogenated alkanes) is 9. The van der Waals surface area contributed by atoms with Gasteiger partial charge in [0.05, 0.1) is 27.2 Å². The first-order chi connectivity index (χ1) is 10.0. The Balaban J connectivity index is 3.40. The number of nitrogens with zero attached hydrogens (tertiary/aromatic N) is 1. The van der Waals surface area contributed by atoms with Gasteiger partial charge in [-0.2, -0.15) is 0 Å². The van der Waals surface area contributed by atoms with Gasteiger partial charge in [-0.15, -0.1) is 0 Å². The molecule has 0 fully saturated rings. The number of hydrogen-bond acceptors (Lipinski definition) is 2. The minimum Gasteiger partial charge on any atom is -0.385 e. The molecule has 0 aliphatic rings. The van der Waals surface area contributed by atoms with Crippen molar-refractivity contribution in [2.75, 3.05) is 40.9 Å². The van der Waals surface area contributed by atoms with Crippen LogP contribution < -0.4 is 0 Å². The van der Waals surface area contributed by atoms with Gasteiger partial charge < -0.3 is 14.3 Å². The molecule has 0 radical (unpaired) electrons. The van der Waals surface area contributed by atoms with Crippen molar-refractivity contribution in [3.05, 3.63) is 0 Å². The molecule has 0 aromatic carbocycles. The maximum atomic E-state index is 9.81. The highest BCUT2D eigenvalue weighted by atomic mass is 16.5. The summed E-state index contributed by atoms with van der Waals surface area (Å²) in [6.45, 7) is 4.65. The van der Waals surface area contributed by atoms with Gasteiger partial charge in [-0.05, 0) is 12.8 Å². The molecule has 1 N–H and O–H groups in total. The van der Waals surface area contributed by atoms with Crippen LogP contribution in [0, 0.1) is 0 Å². The van der Waals surface area contributed by atoms with E-state index in [0.29, 0.717) is 6.61 Å². The van der Waals surface area contributed by atoms with Gasteiger partial charge in [-0.25, -0.2) is 0 Å². The zero-order valence-corrected chi connectivity index (χ0v) is 15.1. The van der Waals surface area contributed by atoms with Crippen LogP contribution in [0.3, 0.4) is 0 Å². The highest BCUT2D eigenvalue weighted by molar-refractivity contribution is 4.52. The number of hydrogen-bond donors (Lipinski definition) is 1. The number of aliphatic hydroxyl groups excluding tert-OH is 1. The Bertz CT molecular complexity index is 219. The van der Waals surface area contributed by atoms with Gasteiger partial charge in [-0.1, -0.05) is 58.3 Å². The van der Waals surface area contributed by atoms with Crippen molar-refractivity contribution in [1.29, 1.82) is 0 Å². The van der Waals surface area contributed by atoms with Gasteiger partial charge in [0.25, 0.3) is 0 Å². The molecule has 0 heterocycles. The highest BCUT2D eigenvalue weighted by Gasteiger charge is 2.19. The lowest BCUT2D eigenvalue weighted by Gasteiger charge is -2.31. The first kappa shape index (κ1) is 20.9. The zero-order valence-electron chi connectivity index (χ0n) is 15.1. The van der Waals surface area contributed by atoms with Crippen molar-refractivity contribution in [2.45, 2.75) is 77.2 Å². The van der Waals surface area contributed by atoms with Gasteiger partial charge in [0, 0.05) is 7.11 Å². The Morgan fingerprint density at radius 3 is 1.81 bits per heavy atom. The summed E-state index contributed by atoms with van der Waals surface area (Å²) < 4.78 is 5.88. The third kappa shape index (κ3) is 14.6. The van der Waals surface area contributed by atoms with Gasteiger partial charge in [-0.3, -0.25) is 0 Å². The smallest absolute Gasteiger partial charge is 0.126 e. The van der Waals surface area contributed by atoms with Crippen LogP contribution in [0.25, 0.3) is 0 Å². The lowest BCUT2D eigenvalue weighted by atomic mass is 10.1. The third-order valence-electron chi connectivity index (χ3n) is 4.18. The average molecular weight is 303 g/mol. The van der Waals surface area contributed by atoms with E-state index in [-0.39, 0.29) is 6.10 Å². The number of aliphatic hydroxyl groups is 1. The predicted molar refractivity (Wildman–Crippen MR) is 91.6 cm³/mol. The Labute approximate surface area is 133 Å². The van der Waals surface area contributed by atoms with Crippen molar-refractivity contribution in [3.63, 3.8) is 0 Å². The van der Waals surface area contributed by atoms with E-state index in [4.69, 9.17) is 4.74 Å². The van der Waals surface area contributed by atoms with Crippen LogP contribution in [-0.2, 0) is 4.74 Å². The first-order valence-corrected chi connectivity index (χ1v) is 9.01. The number of methoxy groups -OCH3 is 1. The summed E-state index contributed by atoms with van der Waals surface area (Å²) in [5, 5.41) is 9.81. The molecule has 0 aromatic rings. The summed E-state index contributed by atoms with van der Waals surface area (Å²) in [5.74, 6) is 0. The monoisotopic (exact) mass is 302 g/mol. The van der Waals surface area contributed by atoms with Crippen LogP contribution in [0.2, 0.25) is 0 Å². The fourth-order valence-electron chi connectivity index (χ4n) is 2.93. The van der Waals surface area contributed by atoms with Crippen LogP contribution in [0.4, 0.5) is 0 Å². The van der Waals surface area contributed by atoms with E-state index in [1.54, 1.807) is 7.11 Å². The molecule has 0 spiro atoms. The van der Waals surface area contributed by atoms with Crippen molar-refractivity contribution in [1.82, 2.24) is 0 Å². The van der Waals surface area contributed by atoms with E-state index in [0.717, 1.165) is 17.6 Å². The maximum absolute atomic E-state index is 9.81. The molecule has 0 amide bonds. The standard InChI is InChI=1S/C18H40NO2/c1-5-6-7-8-9-10-11-12-13-14-15-19(2,3)16-18(20)17-21-4/h18,20H,5-17H2,1-4H3/q+1. The number of likely N-dealkylation sites (N-methyl/N-ethyl adjacent to an activating group) is 1. The molecule has 0 aromatic heterocycles. The molecule has 0 rings (SSSR count). The van der Waals surface area contributed by atoms with Gasteiger partial charge in [0.15, 0.2) is 0 Å². The Kier molecular flexibility index (Phi) is 13.5. The van der Waals surface area contributed by atoms with Gasteiger partial charge in [0.1, 0.15) is 12.6 Å². The molecule has 1 unspecified atom stereocenters. The van der Waals surface area contributed by atoms with Crippen molar-refractivity contribution in [3.8, 4) is 0 Å². The molecule has 0 bridgehead atoms. The average Bonchev–Trinajstić information content (AvgIpc) is 2.40. The molecule has 3 heteroatoms. The van der Waals surface area contributed by atoms with E-state index in [9.17, 15) is 5.11 Å². The SMILES string of the molecule is CCCCCCCCCCCC[N+](C)(C)CC(O)COC. The normalized spacial score (nSPS) is 13.6. The minimum atomic E-state index is -0.340. The lowest BCUT2D eigenvalue weighted by Crippen LogP contribution is -2.47. The predicted octanol–water partition coefficient (Wildman–Crippen LogP) is 3.99. The van der Waals surface area contributed by atoms with Crippen LogP contribution in [-0.4, -0.2) is 56.6 Å². The summed E-state index contributed by atoms with van der Waals surface area (Å²) in [4.78, 5) is 0. The second-order valence-corrected chi connectivity index (χ2v) is 7.13. The van der Waals surface area contributed by atoms with Gasteiger partial charge in [0.2, 0.25) is 0 Å². The second kappa shape index (κ2) is 13.5. The first-order valence-electron chi connectivity index (χ1n) is 9.01. The summed E-state index contributed by atoms with van der Waals surface area (Å²) in [6.07, 6.45) is 13.4. The molecule has 0 saturated heterocycles. The summed E-state index contributed by atoms with van der Waals surface area (Å²) in [7, 11) is 6.05. The van der Waals surface area contributed by atoms with E-state index < -0.39 is 0 Å². The fourth-order valence-corrected chi connectivity index (χ4v) is 2.93. The topological polar surface area (TPSA) is 29.5 Å².